The summed E-state index contributed by atoms with van der Waals surface area (Å²) in [5, 5.41) is -5.40. The predicted molar refractivity (Wildman–Crippen MR) is 87.3 cm³/mol. The SMILES string of the molecule is Fc1cc2cccc3c4c(F)c(F)c(F)c5c(F)c(F)c(F)c(c(c1F)c23)c54. The monoisotopic (exact) mass is 396 g/mol. The van der Waals surface area contributed by atoms with E-state index in [1.165, 1.54) is 18.2 Å². The Morgan fingerprint density at radius 3 is 1.61 bits per heavy atom. The standard InChI is InChI=1S/C20H4F8/c21-7-4-5-2-1-3-6-8(5)11(14(7)22)12-10-9(6)15(23)19(27)17(25)13(10)18(26)20(28)16(12)24/h1-4H. The second-order valence-electron chi connectivity index (χ2n) is 6.33. The summed E-state index contributed by atoms with van der Waals surface area (Å²) in [7, 11) is 0. The van der Waals surface area contributed by atoms with Crippen LogP contribution >= 0.6 is 0 Å². The molecule has 0 heterocycles. The Bertz CT molecular complexity index is 1480. The van der Waals surface area contributed by atoms with E-state index in [4.69, 9.17) is 0 Å². The van der Waals surface area contributed by atoms with Crippen LogP contribution in [0.2, 0.25) is 0 Å². The van der Waals surface area contributed by atoms with E-state index in [9.17, 15) is 35.1 Å². The van der Waals surface area contributed by atoms with Crippen LogP contribution in [0.1, 0.15) is 0 Å². The van der Waals surface area contributed by atoms with Gasteiger partial charge in [0.1, 0.15) is 0 Å². The summed E-state index contributed by atoms with van der Waals surface area (Å²) < 4.78 is 115. The minimum Gasteiger partial charge on any atom is -0.204 e. The van der Waals surface area contributed by atoms with Crippen LogP contribution in [0.5, 0.6) is 0 Å². The summed E-state index contributed by atoms with van der Waals surface area (Å²) in [5.41, 5.74) is 0. The predicted octanol–water partition coefficient (Wildman–Crippen LogP) is 6.85. The lowest BCUT2D eigenvalue weighted by molar-refractivity contribution is 0.442. The van der Waals surface area contributed by atoms with Gasteiger partial charge < -0.3 is 0 Å². The van der Waals surface area contributed by atoms with Crippen molar-refractivity contribution in [1.29, 1.82) is 0 Å². The summed E-state index contributed by atoms with van der Waals surface area (Å²) >= 11 is 0. The Labute approximate surface area is 149 Å². The molecule has 28 heavy (non-hydrogen) atoms. The molecule has 5 aromatic rings. The number of rotatable bonds is 0. The quantitative estimate of drug-likeness (QED) is 0.116. The molecule has 0 saturated heterocycles. The van der Waals surface area contributed by atoms with Gasteiger partial charge in [-0.15, -0.1) is 0 Å². The molecule has 140 valence electrons. The third-order valence-electron chi connectivity index (χ3n) is 4.98. The third-order valence-corrected chi connectivity index (χ3v) is 4.98. The van der Waals surface area contributed by atoms with Crippen molar-refractivity contribution in [2.45, 2.75) is 0 Å². The smallest absolute Gasteiger partial charge is 0.195 e. The molecule has 0 unspecified atom stereocenters. The zero-order chi connectivity index (χ0) is 20.1. The molecule has 8 heteroatoms. The molecule has 0 aromatic heterocycles. The van der Waals surface area contributed by atoms with E-state index < -0.39 is 73.5 Å². The van der Waals surface area contributed by atoms with Crippen molar-refractivity contribution in [2.75, 3.05) is 0 Å². The maximum Gasteiger partial charge on any atom is 0.195 e. The van der Waals surface area contributed by atoms with Crippen LogP contribution in [0.3, 0.4) is 0 Å². The van der Waals surface area contributed by atoms with E-state index in [1.54, 1.807) is 0 Å². The average Bonchev–Trinajstić information content (AvgIpc) is 2.67. The van der Waals surface area contributed by atoms with Crippen molar-refractivity contribution < 1.29 is 35.1 Å². The summed E-state index contributed by atoms with van der Waals surface area (Å²) in [6.45, 7) is 0. The van der Waals surface area contributed by atoms with E-state index >= 15 is 0 Å². The number of hydrogen-bond donors (Lipinski definition) is 0. The minimum atomic E-state index is -2.21. The molecule has 0 radical (unpaired) electrons. The lowest BCUT2D eigenvalue weighted by Crippen LogP contribution is -2.05. The van der Waals surface area contributed by atoms with Crippen molar-refractivity contribution >= 4 is 43.1 Å². The van der Waals surface area contributed by atoms with Crippen LogP contribution in [0, 0.1) is 46.5 Å². The molecule has 0 nitrogen and oxygen atoms in total. The Kier molecular flexibility index (Phi) is 3.16. The van der Waals surface area contributed by atoms with Gasteiger partial charge in [-0.2, -0.15) is 0 Å². The maximum absolute atomic E-state index is 14.7. The highest BCUT2D eigenvalue weighted by atomic mass is 19.2. The highest BCUT2D eigenvalue weighted by Gasteiger charge is 2.31. The minimum absolute atomic E-state index is 0.0153. The van der Waals surface area contributed by atoms with Crippen molar-refractivity contribution in [3.63, 3.8) is 0 Å². The van der Waals surface area contributed by atoms with Gasteiger partial charge in [0.25, 0.3) is 0 Å². The van der Waals surface area contributed by atoms with Crippen molar-refractivity contribution in [2.24, 2.45) is 0 Å². The summed E-state index contributed by atoms with van der Waals surface area (Å²) in [6, 6.07) is 4.52. The fourth-order valence-electron chi connectivity index (χ4n) is 3.87. The first-order valence-electron chi connectivity index (χ1n) is 7.83. The first kappa shape index (κ1) is 17.0. The van der Waals surface area contributed by atoms with Gasteiger partial charge >= 0.3 is 0 Å². The Balaban J connectivity index is 2.38. The van der Waals surface area contributed by atoms with Gasteiger partial charge in [-0.3, -0.25) is 0 Å². The molecule has 5 rings (SSSR count). The van der Waals surface area contributed by atoms with Gasteiger partial charge in [-0.1, -0.05) is 18.2 Å². The molecule has 0 aliphatic carbocycles. The maximum atomic E-state index is 14.7. The Morgan fingerprint density at radius 2 is 0.964 bits per heavy atom. The van der Waals surface area contributed by atoms with Crippen molar-refractivity contribution in [1.82, 2.24) is 0 Å². The fourth-order valence-corrected chi connectivity index (χ4v) is 3.87. The van der Waals surface area contributed by atoms with Gasteiger partial charge in [0.05, 0.1) is 5.39 Å². The molecule has 5 aromatic carbocycles. The molecule has 0 fully saturated rings. The van der Waals surface area contributed by atoms with Gasteiger partial charge in [0.15, 0.2) is 46.5 Å². The molecule has 0 aliphatic rings. The van der Waals surface area contributed by atoms with Crippen molar-refractivity contribution in [3.8, 4) is 0 Å². The molecular weight excluding hydrogens is 392 g/mol. The Morgan fingerprint density at radius 1 is 0.429 bits per heavy atom. The Hall–Kier alpha value is -3.16. The molecule has 0 bridgehead atoms. The highest BCUT2D eigenvalue weighted by molar-refractivity contribution is 6.33. The van der Waals surface area contributed by atoms with Gasteiger partial charge in [-0.05, 0) is 16.8 Å². The third kappa shape index (κ3) is 1.75. The lowest BCUT2D eigenvalue weighted by Gasteiger charge is -2.18. The van der Waals surface area contributed by atoms with E-state index in [-0.39, 0.29) is 16.2 Å². The number of fused-ring (bicyclic) bond motifs is 2. The largest absolute Gasteiger partial charge is 0.204 e. The summed E-state index contributed by atoms with van der Waals surface area (Å²) in [4.78, 5) is 0. The van der Waals surface area contributed by atoms with Crippen LogP contribution in [0.4, 0.5) is 35.1 Å². The second-order valence-corrected chi connectivity index (χ2v) is 6.33. The first-order valence-corrected chi connectivity index (χ1v) is 7.83. The van der Waals surface area contributed by atoms with Crippen LogP contribution in [0.15, 0.2) is 24.3 Å². The number of hydrogen-bond acceptors (Lipinski definition) is 0. The zero-order valence-electron chi connectivity index (χ0n) is 13.3. The van der Waals surface area contributed by atoms with Crippen LogP contribution in [-0.4, -0.2) is 0 Å². The topological polar surface area (TPSA) is 0 Å². The molecule has 0 N–H and O–H groups in total. The highest BCUT2D eigenvalue weighted by Crippen LogP contribution is 2.46. The van der Waals surface area contributed by atoms with E-state index in [1.807, 2.05) is 0 Å². The molecule has 0 atom stereocenters. The molecule has 0 spiro atoms. The van der Waals surface area contributed by atoms with Crippen LogP contribution < -0.4 is 0 Å². The zero-order valence-corrected chi connectivity index (χ0v) is 13.3. The normalized spacial score (nSPS) is 12.3. The summed E-state index contributed by atoms with van der Waals surface area (Å²) in [5.74, 6) is -15.3. The molecule has 0 amide bonds. The number of benzene rings is 5. The van der Waals surface area contributed by atoms with Crippen molar-refractivity contribution in [3.05, 3.63) is 70.8 Å². The summed E-state index contributed by atoms with van der Waals surface area (Å²) in [6.07, 6.45) is 0. The van der Waals surface area contributed by atoms with Gasteiger partial charge in [-0.25, -0.2) is 35.1 Å². The van der Waals surface area contributed by atoms with E-state index in [0.717, 1.165) is 6.07 Å². The van der Waals surface area contributed by atoms with E-state index in [2.05, 4.69) is 0 Å². The van der Waals surface area contributed by atoms with E-state index in [0.29, 0.717) is 0 Å². The lowest BCUT2D eigenvalue weighted by atomic mass is 9.88. The van der Waals surface area contributed by atoms with Crippen LogP contribution in [0.25, 0.3) is 43.1 Å². The molecule has 0 aliphatic heterocycles. The molecular formula is C20H4F8. The first-order chi connectivity index (χ1) is 13.3. The molecule has 0 saturated carbocycles. The fraction of sp³-hybridized carbons (Fsp3) is 0. The van der Waals surface area contributed by atoms with Gasteiger partial charge in [0, 0.05) is 26.9 Å². The number of halogens is 8. The van der Waals surface area contributed by atoms with Crippen LogP contribution in [-0.2, 0) is 0 Å². The average molecular weight is 396 g/mol. The van der Waals surface area contributed by atoms with Gasteiger partial charge in [0.2, 0.25) is 0 Å². The second kappa shape index (κ2) is 5.21.